The number of aliphatic hydroxyl groups is 1. The van der Waals surface area contributed by atoms with Crippen LogP contribution in [0.2, 0.25) is 0 Å². The number of sulfone groups is 1. The molecule has 164 valence electrons. The van der Waals surface area contributed by atoms with E-state index >= 15 is 0 Å². The highest BCUT2D eigenvalue weighted by Crippen LogP contribution is 2.24. The van der Waals surface area contributed by atoms with E-state index in [9.17, 15) is 18.3 Å². The number of aliphatic hydroxyl groups excluding tert-OH is 1. The monoisotopic (exact) mass is 426 g/mol. The first kappa shape index (κ1) is 23.5. The number of anilines is 1. The number of nitrogens with one attached hydrogen (secondary N) is 1. The fraction of sp³-hybridized carbons (Fsp3) is 0.667. The third-order valence-electron chi connectivity index (χ3n) is 5.00. The van der Waals surface area contributed by atoms with Crippen molar-refractivity contribution in [2.24, 2.45) is 5.92 Å². The standard InChI is InChI=1S/C21H34N2O5S/c1-21(2,3)28-20(25)23-13-11-16(12-14-23)5-8-18(24)15-22-17-6-9-19(10-7-17)29(4,26)27/h6-7,9-10,16,18,22,24H,5,8,11-15H2,1-4H3. The Morgan fingerprint density at radius 3 is 2.34 bits per heavy atom. The molecule has 0 spiro atoms. The summed E-state index contributed by atoms with van der Waals surface area (Å²) in [6, 6.07) is 6.52. The minimum Gasteiger partial charge on any atom is -0.444 e. The maximum Gasteiger partial charge on any atom is 0.410 e. The largest absolute Gasteiger partial charge is 0.444 e. The number of carbonyl (C=O) groups excluding carboxylic acids is 1. The lowest BCUT2D eigenvalue weighted by Crippen LogP contribution is -2.41. The Bertz CT molecular complexity index is 763. The van der Waals surface area contributed by atoms with Crippen LogP contribution >= 0.6 is 0 Å². The second kappa shape index (κ2) is 9.80. The van der Waals surface area contributed by atoms with E-state index in [0.29, 0.717) is 32.0 Å². The van der Waals surface area contributed by atoms with Gasteiger partial charge in [0.2, 0.25) is 0 Å². The van der Waals surface area contributed by atoms with Crippen molar-refractivity contribution >= 4 is 21.6 Å². The molecular formula is C21H34N2O5S. The lowest BCUT2D eigenvalue weighted by Gasteiger charge is -2.33. The predicted molar refractivity (Wildman–Crippen MR) is 114 cm³/mol. The van der Waals surface area contributed by atoms with Crippen LogP contribution in [-0.2, 0) is 14.6 Å². The van der Waals surface area contributed by atoms with E-state index in [1.165, 1.54) is 6.26 Å². The first-order valence-corrected chi connectivity index (χ1v) is 12.0. The fourth-order valence-corrected chi connectivity index (χ4v) is 3.95. The Labute approximate surface area is 174 Å². The third-order valence-corrected chi connectivity index (χ3v) is 6.13. The molecule has 29 heavy (non-hydrogen) atoms. The summed E-state index contributed by atoms with van der Waals surface area (Å²) in [5.74, 6) is 0.498. The van der Waals surface area contributed by atoms with Crippen LogP contribution in [0.3, 0.4) is 0 Å². The number of carbonyl (C=O) groups is 1. The maximum atomic E-state index is 12.1. The van der Waals surface area contributed by atoms with Gasteiger partial charge in [-0.3, -0.25) is 0 Å². The molecule has 1 atom stereocenters. The van der Waals surface area contributed by atoms with Crippen molar-refractivity contribution in [3.05, 3.63) is 24.3 Å². The van der Waals surface area contributed by atoms with Crippen molar-refractivity contribution in [3.8, 4) is 0 Å². The summed E-state index contributed by atoms with van der Waals surface area (Å²) in [5, 5.41) is 13.4. The Morgan fingerprint density at radius 1 is 1.24 bits per heavy atom. The van der Waals surface area contributed by atoms with Crippen molar-refractivity contribution < 1.29 is 23.1 Å². The van der Waals surface area contributed by atoms with Crippen LogP contribution in [0, 0.1) is 5.92 Å². The van der Waals surface area contributed by atoms with E-state index in [2.05, 4.69) is 5.32 Å². The molecule has 2 rings (SSSR count). The Balaban J connectivity index is 1.67. The SMILES string of the molecule is CC(C)(C)OC(=O)N1CCC(CCC(O)CNc2ccc(S(C)(=O)=O)cc2)CC1. The number of amides is 1. The van der Waals surface area contributed by atoms with Gasteiger partial charge in [-0.25, -0.2) is 13.2 Å². The first-order valence-electron chi connectivity index (χ1n) is 10.1. The molecule has 1 aromatic carbocycles. The van der Waals surface area contributed by atoms with Crippen LogP contribution in [-0.4, -0.2) is 62.1 Å². The number of ether oxygens (including phenoxy) is 1. The summed E-state index contributed by atoms with van der Waals surface area (Å²) < 4.78 is 28.4. The van der Waals surface area contributed by atoms with Crippen LogP contribution in [0.25, 0.3) is 0 Å². The smallest absolute Gasteiger partial charge is 0.410 e. The zero-order chi connectivity index (χ0) is 21.7. The minimum atomic E-state index is -3.20. The maximum absolute atomic E-state index is 12.1. The highest BCUT2D eigenvalue weighted by atomic mass is 32.2. The zero-order valence-electron chi connectivity index (χ0n) is 17.8. The lowest BCUT2D eigenvalue weighted by molar-refractivity contribution is 0.0175. The average Bonchev–Trinajstić information content (AvgIpc) is 2.63. The van der Waals surface area contributed by atoms with Gasteiger partial charge >= 0.3 is 6.09 Å². The first-order chi connectivity index (χ1) is 13.4. The molecule has 1 unspecified atom stereocenters. The highest BCUT2D eigenvalue weighted by molar-refractivity contribution is 7.90. The number of hydrogen-bond donors (Lipinski definition) is 2. The topological polar surface area (TPSA) is 95.9 Å². The summed E-state index contributed by atoms with van der Waals surface area (Å²) in [7, 11) is -3.20. The van der Waals surface area contributed by atoms with Gasteiger partial charge in [0.05, 0.1) is 11.0 Å². The zero-order valence-corrected chi connectivity index (χ0v) is 18.7. The second-order valence-corrected chi connectivity index (χ2v) is 10.8. The molecule has 1 aromatic rings. The number of piperidine rings is 1. The molecule has 1 aliphatic rings. The van der Waals surface area contributed by atoms with Crippen LogP contribution in [0.5, 0.6) is 0 Å². The molecule has 7 nitrogen and oxygen atoms in total. The molecule has 2 N–H and O–H groups in total. The molecule has 8 heteroatoms. The summed E-state index contributed by atoms with van der Waals surface area (Å²) in [4.78, 5) is 14.1. The van der Waals surface area contributed by atoms with Crippen molar-refractivity contribution in [1.82, 2.24) is 4.90 Å². The van der Waals surface area contributed by atoms with E-state index < -0.39 is 21.5 Å². The molecule has 0 radical (unpaired) electrons. The normalized spacial score (nSPS) is 17.1. The molecule has 1 heterocycles. The van der Waals surface area contributed by atoms with E-state index in [4.69, 9.17) is 4.74 Å². The van der Waals surface area contributed by atoms with Gasteiger partial charge in [-0.05, 0) is 76.6 Å². The fourth-order valence-electron chi connectivity index (χ4n) is 3.32. The van der Waals surface area contributed by atoms with Crippen molar-refractivity contribution in [3.63, 3.8) is 0 Å². The number of likely N-dealkylation sites (tertiary alicyclic amines) is 1. The molecule has 1 amide bonds. The van der Waals surface area contributed by atoms with Crippen molar-refractivity contribution in [2.45, 2.75) is 63.1 Å². The third kappa shape index (κ3) is 8.22. The number of benzene rings is 1. The van der Waals surface area contributed by atoms with Gasteiger partial charge in [0, 0.05) is 31.6 Å². The quantitative estimate of drug-likeness (QED) is 0.695. The van der Waals surface area contributed by atoms with E-state index in [1.54, 1.807) is 29.2 Å². The lowest BCUT2D eigenvalue weighted by atomic mass is 9.91. The van der Waals surface area contributed by atoms with Crippen LogP contribution in [0.1, 0.15) is 46.5 Å². The molecule has 0 aromatic heterocycles. The van der Waals surface area contributed by atoms with Crippen LogP contribution in [0.15, 0.2) is 29.2 Å². The van der Waals surface area contributed by atoms with Gasteiger partial charge in [-0.1, -0.05) is 0 Å². The Kier molecular flexibility index (Phi) is 7.94. The molecule has 0 bridgehead atoms. The molecule has 1 aliphatic heterocycles. The van der Waals surface area contributed by atoms with Crippen LogP contribution in [0.4, 0.5) is 10.5 Å². The predicted octanol–water partition coefficient (Wildman–Crippen LogP) is 3.29. The van der Waals surface area contributed by atoms with Gasteiger partial charge in [-0.15, -0.1) is 0 Å². The van der Waals surface area contributed by atoms with E-state index in [0.717, 1.165) is 24.9 Å². The van der Waals surface area contributed by atoms with Crippen molar-refractivity contribution in [2.75, 3.05) is 31.2 Å². The Morgan fingerprint density at radius 2 is 1.83 bits per heavy atom. The summed E-state index contributed by atoms with van der Waals surface area (Å²) in [5.41, 5.74) is 0.304. The van der Waals surface area contributed by atoms with Gasteiger partial charge in [-0.2, -0.15) is 0 Å². The average molecular weight is 427 g/mol. The molecule has 1 fully saturated rings. The number of rotatable bonds is 7. The molecule has 0 saturated carbocycles. The number of nitrogens with zero attached hydrogens (tertiary/aromatic N) is 1. The summed E-state index contributed by atoms with van der Waals surface area (Å²) >= 11 is 0. The second-order valence-electron chi connectivity index (χ2n) is 8.82. The van der Waals surface area contributed by atoms with E-state index in [-0.39, 0.29) is 11.0 Å². The minimum absolute atomic E-state index is 0.248. The van der Waals surface area contributed by atoms with Crippen molar-refractivity contribution in [1.29, 1.82) is 0 Å². The van der Waals surface area contributed by atoms with Gasteiger partial charge < -0.3 is 20.1 Å². The number of hydrogen-bond acceptors (Lipinski definition) is 6. The Hall–Kier alpha value is -1.80. The molecule has 0 aliphatic carbocycles. The summed E-state index contributed by atoms with van der Waals surface area (Å²) in [6.07, 6.45) is 3.90. The molecular weight excluding hydrogens is 392 g/mol. The summed E-state index contributed by atoms with van der Waals surface area (Å²) in [6.45, 7) is 7.41. The van der Waals surface area contributed by atoms with E-state index in [1.807, 2.05) is 20.8 Å². The van der Waals surface area contributed by atoms with Gasteiger partial charge in [0.15, 0.2) is 9.84 Å². The molecule has 1 saturated heterocycles. The highest BCUT2D eigenvalue weighted by Gasteiger charge is 2.27. The van der Waals surface area contributed by atoms with Gasteiger partial charge in [0.25, 0.3) is 0 Å². The van der Waals surface area contributed by atoms with Gasteiger partial charge in [0.1, 0.15) is 5.60 Å². The van der Waals surface area contributed by atoms with Crippen LogP contribution < -0.4 is 5.32 Å².